The van der Waals surface area contributed by atoms with E-state index in [0.717, 1.165) is 24.9 Å². The van der Waals surface area contributed by atoms with E-state index in [-0.39, 0.29) is 35.7 Å². The molecule has 0 saturated carbocycles. The van der Waals surface area contributed by atoms with Crippen LogP contribution in [-0.2, 0) is 26.1 Å². The number of nitrogens with one attached hydrogen (secondary N) is 2. The average Bonchev–Trinajstić information content (AvgIpc) is 2.62. The Morgan fingerprint density at radius 1 is 1.07 bits per heavy atom. The Bertz CT molecular complexity index is 888. The third kappa shape index (κ3) is 6.62. The minimum atomic E-state index is -3.28. The van der Waals surface area contributed by atoms with Gasteiger partial charge in [0.15, 0.2) is 9.84 Å². The van der Waals surface area contributed by atoms with Gasteiger partial charge in [0.2, 0.25) is 5.91 Å². The summed E-state index contributed by atoms with van der Waals surface area (Å²) in [5.74, 6) is -0.0349. The van der Waals surface area contributed by atoms with E-state index in [4.69, 9.17) is 0 Å². The summed E-state index contributed by atoms with van der Waals surface area (Å²) in [5, 5.41) is 6.29. The second-order valence-corrected chi connectivity index (χ2v) is 9.35. The minimum absolute atomic E-state index is 0. The van der Waals surface area contributed by atoms with Crippen molar-refractivity contribution in [2.75, 3.05) is 11.9 Å². The number of carbonyl (C=O) groups is 1. The van der Waals surface area contributed by atoms with Gasteiger partial charge in [-0.25, -0.2) is 8.42 Å². The van der Waals surface area contributed by atoms with Crippen molar-refractivity contribution in [3.8, 4) is 0 Å². The lowest BCUT2D eigenvalue weighted by Crippen LogP contribution is -2.40. The number of sulfone groups is 1. The summed E-state index contributed by atoms with van der Waals surface area (Å²) in [7, 11) is -3.28. The van der Waals surface area contributed by atoms with Crippen LogP contribution in [0.5, 0.6) is 0 Å². The van der Waals surface area contributed by atoms with E-state index in [9.17, 15) is 13.2 Å². The number of hydrogen-bond donors (Lipinski definition) is 2. The largest absolute Gasteiger partial charge is 0.326 e. The molecule has 0 aromatic heterocycles. The number of benzene rings is 2. The Kier molecular flexibility index (Phi) is 8.04. The summed E-state index contributed by atoms with van der Waals surface area (Å²) in [4.78, 5) is 12.5. The molecule has 3 rings (SSSR count). The third-order valence-corrected chi connectivity index (χ3v) is 6.35. The Hall–Kier alpha value is -1.89. The van der Waals surface area contributed by atoms with Gasteiger partial charge in [-0.15, -0.1) is 12.4 Å². The minimum Gasteiger partial charge on any atom is -0.326 e. The van der Waals surface area contributed by atoms with Gasteiger partial charge >= 0.3 is 0 Å². The number of anilines is 1. The molecule has 152 valence electrons. The smallest absolute Gasteiger partial charge is 0.227 e. The standard InChI is InChI=1S/C21H26N2O3S.ClH/c1-16-12-19(10-11-22-16)21(24)23-20-9-5-8-18(13-20)15-27(25,26)14-17-6-3-2-4-7-17;/h2-9,13,16,19,22H,10-12,14-15H2,1H3,(H,23,24);1H/t16-,19-;/m0./s1. The van der Waals surface area contributed by atoms with Crippen LogP contribution in [0, 0.1) is 5.92 Å². The fraction of sp³-hybridized carbons (Fsp3) is 0.381. The van der Waals surface area contributed by atoms with Crippen molar-refractivity contribution in [3.63, 3.8) is 0 Å². The molecule has 0 unspecified atom stereocenters. The van der Waals surface area contributed by atoms with Crippen LogP contribution in [0.1, 0.15) is 30.9 Å². The summed E-state index contributed by atoms with van der Waals surface area (Å²) in [6, 6.07) is 16.6. The Morgan fingerprint density at radius 2 is 1.75 bits per heavy atom. The van der Waals surface area contributed by atoms with Crippen LogP contribution >= 0.6 is 12.4 Å². The molecule has 0 bridgehead atoms. The van der Waals surface area contributed by atoms with E-state index in [0.29, 0.717) is 17.3 Å². The van der Waals surface area contributed by atoms with Gasteiger partial charge in [-0.3, -0.25) is 4.79 Å². The summed E-state index contributed by atoms with van der Waals surface area (Å²) in [6.07, 6.45) is 1.64. The zero-order valence-corrected chi connectivity index (χ0v) is 17.6. The molecule has 2 aromatic carbocycles. The van der Waals surface area contributed by atoms with Crippen LogP contribution in [0.4, 0.5) is 5.69 Å². The molecule has 2 aromatic rings. The SMILES string of the molecule is C[C@H]1C[C@@H](C(=O)Nc2cccc(CS(=O)(=O)Cc3ccccc3)c2)CCN1.Cl. The number of carbonyl (C=O) groups excluding carboxylic acids is 1. The lowest BCUT2D eigenvalue weighted by Gasteiger charge is -2.27. The van der Waals surface area contributed by atoms with Crippen LogP contribution in [-0.4, -0.2) is 26.9 Å². The van der Waals surface area contributed by atoms with Gasteiger partial charge in [-0.05, 0) is 49.6 Å². The summed E-state index contributed by atoms with van der Waals surface area (Å²) < 4.78 is 25.0. The van der Waals surface area contributed by atoms with Crippen molar-refractivity contribution >= 4 is 33.8 Å². The highest BCUT2D eigenvalue weighted by Gasteiger charge is 2.24. The first-order valence-electron chi connectivity index (χ1n) is 9.29. The zero-order valence-electron chi connectivity index (χ0n) is 15.9. The molecule has 0 radical (unpaired) electrons. The molecule has 5 nitrogen and oxygen atoms in total. The highest BCUT2D eigenvalue weighted by Crippen LogP contribution is 2.20. The highest BCUT2D eigenvalue weighted by molar-refractivity contribution is 7.89. The number of piperidine rings is 1. The molecule has 1 fully saturated rings. The summed E-state index contributed by atoms with van der Waals surface area (Å²) in [5.41, 5.74) is 2.11. The molecule has 0 aliphatic carbocycles. The number of halogens is 1. The topological polar surface area (TPSA) is 75.3 Å². The number of rotatable bonds is 6. The van der Waals surface area contributed by atoms with Crippen molar-refractivity contribution in [3.05, 3.63) is 65.7 Å². The number of hydrogen-bond acceptors (Lipinski definition) is 4. The third-order valence-electron chi connectivity index (χ3n) is 4.80. The fourth-order valence-corrected chi connectivity index (χ4v) is 4.98. The number of amides is 1. The molecule has 7 heteroatoms. The first kappa shape index (κ1) is 22.4. The predicted octanol–water partition coefficient (Wildman–Crippen LogP) is 3.55. The van der Waals surface area contributed by atoms with Gasteiger partial charge in [0.25, 0.3) is 0 Å². The van der Waals surface area contributed by atoms with Crippen LogP contribution < -0.4 is 10.6 Å². The van der Waals surface area contributed by atoms with Crippen molar-refractivity contribution in [2.24, 2.45) is 5.92 Å². The highest BCUT2D eigenvalue weighted by atomic mass is 35.5. The van der Waals surface area contributed by atoms with Crippen LogP contribution in [0.25, 0.3) is 0 Å². The molecular formula is C21H27ClN2O3S. The normalized spacial score (nSPS) is 19.5. The van der Waals surface area contributed by atoms with Gasteiger partial charge in [0, 0.05) is 17.6 Å². The van der Waals surface area contributed by atoms with Gasteiger partial charge in [-0.1, -0.05) is 42.5 Å². The van der Waals surface area contributed by atoms with Crippen molar-refractivity contribution in [1.29, 1.82) is 0 Å². The van der Waals surface area contributed by atoms with Gasteiger partial charge in [0.05, 0.1) is 11.5 Å². The Morgan fingerprint density at radius 3 is 2.46 bits per heavy atom. The first-order chi connectivity index (χ1) is 12.9. The second-order valence-electron chi connectivity index (χ2n) is 7.28. The second kappa shape index (κ2) is 10.0. The fourth-order valence-electron chi connectivity index (χ4n) is 3.49. The lowest BCUT2D eigenvalue weighted by atomic mass is 9.92. The zero-order chi connectivity index (χ0) is 19.3. The molecule has 2 atom stereocenters. The van der Waals surface area contributed by atoms with E-state index >= 15 is 0 Å². The Balaban J connectivity index is 0.00000280. The predicted molar refractivity (Wildman–Crippen MR) is 115 cm³/mol. The molecule has 1 amide bonds. The van der Waals surface area contributed by atoms with Crippen LogP contribution in [0.2, 0.25) is 0 Å². The molecule has 1 aliphatic heterocycles. The van der Waals surface area contributed by atoms with Crippen molar-refractivity contribution in [1.82, 2.24) is 5.32 Å². The quantitative estimate of drug-likeness (QED) is 0.746. The molecular weight excluding hydrogens is 396 g/mol. The van der Waals surface area contributed by atoms with Crippen LogP contribution in [0.3, 0.4) is 0 Å². The maximum Gasteiger partial charge on any atom is 0.227 e. The van der Waals surface area contributed by atoms with E-state index in [1.165, 1.54) is 0 Å². The summed E-state index contributed by atoms with van der Waals surface area (Å²) >= 11 is 0. The van der Waals surface area contributed by atoms with Gasteiger partial charge < -0.3 is 10.6 Å². The van der Waals surface area contributed by atoms with E-state index in [2.05, 4.69) is 17.6 Å². The first-order valence-corrected chi connectivity index (χ1v) is 11.1. The molecule has 2 N–H and O–H groups in total. The Labute approximate surface area is 173 Å². The molecule has 1 aliphatic rings. The van der Waals surface area contributed by atoms with Crippen molar-refractivity contribution in [2.45, 2.75) is 37.3 Å². The monoisotopic (exact) mass is 422 g/mol. The van der Waals surface area contributed by atoms with Gasteiger partial charge in [0.1, 0.15) is 0 Å². The average molecular weight is 423 g/mol. The maximum atomic E-state index is 12.5. The van der Waals surface area contributed by atoms with E-state index in [1.807, 2.05) is 30.3 Å². The molecule has 28 heavy (non-hydrogen) atoms. The maximum absolute atomic E-state index is 12.5. The summed E-state index contributed by atoms with van der Waals surface area (Å²) in [6.45, 7) is 2.93. The molecule has 0 spiro atoms. The van der Waals surface area contributed by atoms with Crippen molar-refractivity contribution < 1.29 is 13.2 Å². The van der Waals surface area contributed by atoms with E-state index in [1.54, 1.807) is 24.3 Å². The van der Waals surface area contributed by atoms with Gasteiger partial charge in [-0.2, -0.15) is 0 Å². The molecule has 1 heterocycles. The lowest BCUT2D eigenvalue weighted by molar-refractivity contribution is -0.120. The van der Waals surface area contributed by atoms with E-state index < -0.39 is 9.84 Å². The van der Waals surface area contributed by atoms with Crippen LogP contribution in [0.15, 0.2) is 54.6 Å². The molecule has 1 saturated heterocycles.